The van der Waals surface area contributed by atoms with Crippen LogP contribution in [0.1, 0.15) is 35.1 Å². The molecule has 1 atom stereocenters. The maximum Gasteiger partial charge on any atom is 0.256 e. The van der Waals surface area contributed by atoms with Crippen molar-refractivity contribution in [1.29, 1.82) is 0 Å². The third kappa shape index (κ3) is 4.13. The topological polar surface area (TPSA) is 128 Å². The molecule has 182 valence electrons. The standard InChI is InChI=1S/C26H25N7O3/c1-3-21(34)32-13-4-5-19(32)25-31-22(23-24(27)29-12-14-33(23)25)16-6-8-17(9-7-16)26(35)30-20-15-18(36-2)10-11-28-20/h3,6-12,14-15,19H,1,4-5,13H2,2H3,(H2,27,29)(H,28,30,35)/t19-/m0/s1. The molecule has 0 bridgehead atoms. The quantitative estimate of drug-likeness (QED) is 0.402. The minimum absolute atomic E-state index is 0.126. The summed E-state index contributed by atoms with van der Waals surface area (Å²) < 4.78 is 7.07. The van der Waals surface area contributed by atoms with Crippen LogP contribution in [-0.2, 0) is 4.79 Å². The van der Waals surface area contributed by atoms with Crippen LogP contribution in [0.4, 0.5) is 11.6 Å². The molecule has 1 aliphatic heterocycles. The van der Waals surface area contributed by atoms with E-state index in [2.05, 4.69) is 21.9 Å². The lowest BCUT2D eigenvalue weighted by Crippen LogP contribution is -2.29. The second-order valence-corrected chi connectivity index (χ2v) is 8.36. The summed E-state index contributed by atoms with van der Waals surface area (Å²) in [5.41, 5.74) is 8.78. The number of rotatable bonds is 6. The van der Waals surface area contributed by atoms with Gasteiger partial charge < -0.3 is 20.7 Å². The highest BCUT2D eigenvalue weighted by atomic mass is 16.5. The number of pyridine rings is 1. The first-order valence-electron chi connectivity index (χ1n) is 11.5. The van der Waals surface area contributed by atoms with Crippen molar-refractivity contribution in [3.05, 3.63) is 79.0 Å². The van der Waals surface area contributed by atoms with Gasteiger partial charge in [0.1, 0.15) is 34.4 Å². The van der Waals surface area contributed by atoms with Gasteiger partial charge in [0.05, 0.1) is 13.2 Å². The first-order valence-corrected chi connectivity index (χ1v) is 11.5. The molecule has 0 saturated carbocycles. The molecule has 0 unspecified atom stereocenters. The zero-order valence-electron chi connectivity index (χ0n) is 19.7. The average Bonchev–Trinajstić information content (AvgIpc) is 3.54. The summed E-state index contributed by atoms with van der Waals surface area (Å²) in [5, 5.41) is 2.77. The third-order valence-electron chi connectivity index (χ3n) is 6.25. The first-order chi connectivity index (χ1) is 17.5. The molecule has 3 N–H and O–H groups in total. The van der Waals surface area contributed by atoms with Crippen molar-refractivity contribution in [1.82, 2.24) is 24.3 Å². The lowest BCUT2D eigenvalue weighted by Gasteiger charge is -2.22. The number of carbonyl (C=O) groups excluding carboxylic acids is 2. The van der Waals surface area contributed by atoms with Crippen LogP contribution in [0, 0.1) is 0 Å². The van der Waals surface area contributed by atoms with E-state index in [-0.39, 0.29) is 17.9 Å². The monoisotopic (exact) mass is 483 g/mol. The molecule has 2 amide bonds. The summed E-state index contributed by atoms with van der Waals surface area (Å²) in [5.74, 6) is 1.61. The number of fused-ring (bicyclic) bond motifs is 1. The van der Waals surface area contributed by atoms with Crippen molar-refractivity contribution >= 4 is 29.0 Å². The van der Waals surface area contributed by atoms with Crippen LogP contribution in [0.5, 0.6) is 5.75 Å². The van der Waals surface area contributed by atoms with Gasteiger partial charge in [0, 0.05) is 42.3 Å². The number of benzene rings is 1. The Labute approximate surface area is 207 Å². The number of ether oxygens (including phenoxy) is 1. The van der Waals surface area contributed by atoms with Crippen molar-refractivity contribution in [3.8, 4) is 17.0 Å². The van der Waals surface area contributed by atoms with Gasteiger partial charge in [-0.15, -0.1) is 0 Å². The third-order valence-corrected chi connectivity index (χ3v) is 6.25. The highest BCUT2D eigenvalue weighted by Crippen LogP contribution is 2.36. The summed E-state index contributed by atoms with van der Waals surface area (Å²) in [4.78, 5) is 40.3. The number of nitrogens with two attached hydrogens (primary N) is 1. The summed E-state index contributed by atoms with van der Waals surface area (Å²) in [6.45, 7) is 4.27. The van der Waals surface area contributed by atoms with Gasteiger partial charge in [-0.2, -0.15) is 0 Å². The zero-order chi connectivity index (χ0) is 25.2. The number of likely N-dealkylation sites (tertiary alicyclic amines) is 1. The highest BCUT2D eigenvalue weighted by Gasteiger charge is 2.33. The number of imidazole rings is 1. The van der Waals surface area contributed by atoms with Gasteiger partial charge in [-0.3, -0.25) is 14.0 Å². The molecule has 3 aromatic heterocycles. The van der Waals surface area contributed by atoms with Crippen molar-refractivity contribution in [2.24, 2.45) is 0 Å². The Morgan fingerprint density at radius 2 is 2.00 bits per heavy atom. The average molecular weight is 484 g/mol. The first kappa shape index (κ1) is 23.0. The Hall–Kier alpha value is -4.73. The number of hydrogen-bond donors (Lipinski definition) is 2. The van der Waals surface area contributed by atoms with Crippen molar-refractivity contribution in [3.63, 3.8) is 0 Å². The fourth-order valence-corrected chi connectivity index (χ4v) is 4.51. The summed E-state index contributed by atoms with van der Waals surface area (Å²) in [7, 11) is 1.55. The van der Waals surface area contributed by atoms with Crippen LogP contribution in [0.2, 0.25) is 0 Å². The van der Waals surface area contributed by atoms with Crippen LogP contribution >= 0.6 is 0 Å². The van der Waals surface area contributed by atoms with Crippen LogP contribution in [0.15, 0.2) is 67.6 Å². The number of nitrogens with one attached hydrogen (secondary N) is 1. The molecule has 10 nitrogen and oxygen atoms in total. The largest absolute Gasteiger partial charge is 0.497 e. The molecular formula is C26H25N7O3. The number of carbonyl (C=O) groups is 2. The number of nitrogen functional groups attached to an aromatic ring is 1. The second kappa shape index (κ2) is 9.49. The van der Waals surface area contributed by atoms with Crippen molar-refractivity contribution in [2.45, 2.75) is 18.9 Å². The maximum absolute atomic E-state index is 12.7. The highest BCUT2D eigenvalue weighted by molar-refractivity contribution is 6.04. The van der Waals surface area contributed by atoms with E-state index in [9.17, 15) is 9.59 Å². The predicted octanol–water partition coefficient (Wildman–Crippen LogP) is 3.48. The lowest BCUT2D eigenvalue weighted by atomic mass is 10.1. The zero-order valence-corrected chi connectivity index (χ0v) is 19.7. The minimum atomic E-state index is -0.302. The number of nitrogens with zero attached hydrogens (tertiary/aromatic N) is 5. The SMILES string of the molecule is C=CC(=O)N1CCC[C@H]1c1nc(-c2ccc(C(=O)Nc3cc(OC)ccn3)cc2)c2c(N)nccn12. The molecule has 36 heavy (non-hydrogen) atoms. The molecular weight excluding hydrogens is 458 g/mol. The summed E-state index contributed by atoms with van der Waals surface area (Å²) >= 11 is 0. The predicted molar refractivity (Wildman–Crippen MR) is 135 cm³/mol. The molecule has 0 spiro atoms. The molecule has 0 aliphatic carbocycles. The molecule has 10 heteroatoms. The van der Waals surface area contributed by atoms with E-state index in [1.165, 1.54) is 6.08 Å². The molecule has 1 saturated heterocycles. The van der Waals surface area contributed by atoms with Crippen LogP contribution < -0.4 is 15.8 Å². The van der Waals surface area contributed by atoms with Crippen LogP contribution in [-0.4, -0.2) is 49.7 Å². The lowest BCUT2D eigenvalue weighted by molar-refractivity contribution is -0.127. The van der Waals surface area contributed by atoms with E-state index >= 15 is 0 Å². The smallest absolute Gasteiger partial charge is 0.256 e. The Kier molecular flexibility index (Phi) is 6.07. The summed E-state index contributed by atoms with van der Waals surface area (Å²) in [6, 6.07) is 10.2. The van der Waals surface area contributed by atoms with E-state index in [0.717, 1.165) is 18.4 Å². The Morgan fingerprint density at radius 3 is 2.75 bits per heavy atom. The number of aromatic nitrogens is 4. The van der Waals surface area contributed by atoms with Crippen LogP contribution in [0.25, 0.3) is 16.8 Å². The maximum atomic E-state index is 12.7. The van der Waals surface area contributed by atoms with Gasteiger partial charge in [0.2, 0.25) is 5.91 Å². The van der Waals surface area contributed by atoms with E-state index in [0.29, 0.717) is 46.5 Å². The fourth-order valence-electron chi connectivity index (χ4n) is 4.51. The van der Waals surface area contributed by atoms with Crippen molar-refractivity contribution < 1.29 is 14.3 Å². The fraction of sp³-hybridized carbons (Fsp3) is 0.192. The Balaban J connectivity index is 1.48. The molecule has 4 aromatic rings. The molecule has 1 aliphatic rings. The van der Waals surface area contributed by atoms with Gasteiger partial charge in [-0.25, -0.2) is 15.0 Å². The molecule has 0 radical (unpaired) electrons. The molecule has 4 heterocycles. The number of anilines is 2. The number of methoxy groups -OCH3 is 1. The van der Waals surface area contributed by atoms with E-state index in [1.807, 2.05) is 16.5 Å². The minimum Gasteiger partial charge on any atom is -0.497 e. The van der Waals surface area contributed by atoms with Gasteiger partial charge in [0.15, 0.2) is 0 Å². The molecule has 5 rings (SSSR count). The summed E-state index contributed by atoms with van der Waals surface area (Å²) in [6.07, 6.45) is 7.97. The Bertz CT molecular complexity index is 1460. The normalized spacial score (nSPS) is 15.1. The van der Waals surface area contributed by atoms with E-state index in [1.54, 1.807) is 54.9 Å². The van der Waals surface area contributed by atoms with Gasteiger partial charge in [0.25, 0.3) is 5.91 Å². The second-order valence-electron chi connectivity index (χ2n) is 8.36. The van der Waals surface area contributed by atoms with Crippen molar-refractivity contribution in [2.75, 3.05) is 24.7 Å². The van der Waals surface area contributed by atoms with Crippen LogP contribution in [0.3, 0.4) is 0 Å². The van der Waals surface area contributed by atoms with Gasteiger partial charge >= 0.3 is 0 Å². The van der Waals surface area contributed by atoms with Gasteiger partial charge in [-0.05, 0) is 37.1 Å². The number of amides is 2. The molecule has 1 fully saturated rings. The van der Waals surface area contributed by atoms with E-state index < -0.39 is 0 Å². The number of hydrogen-bond acceptors (Lipinski definition) is 7. The molecule has 1 aromatic carbocycles. The van der Waals surface area contributed by atoms with Gasteiger partial charge in [-0.1, -0.05) is 18.7 Å². The Morgan fingerprint density at radius 1 is 1.19 bits per heavy atom. The van der Waals surface area contributed by atoms with E-state index in [4.69, 9.17) is 15.5 Å².